The number of benzene rings is 1. The molecule has 0 heterocycles. The van der Waals surface area contributed by atoms with Crippen molar-refractivity contribution in [1.82, 2.24) is 0 Å². The van der Waals surface area contributed by atoms with Crippen molar-refractivity contribution in [2.75, 3.05) is 7.11 Å². The van der Waals surface area contributed by atoms with E-state index in [0.717, 1.165) is 17.7 Å². The fraction of sp³-hybridized carbons (Fsp3) is 0.571. The maximum absolute atomic E-state index is 6.14. The highest BCUT2D eigenvalue weighted by atomic mass is 16.5. The Balaban J connectivity index is 2.99. The molecule has 0 aliphatic heterocycles. The minimum absolute atomic E-state index is 0.00148. The van der Waals surface area contributed by atoms with Gasteiger partial charge in [0.1, 0.15) is 5.75 Å². The van der Waals surface area contributed by atoms with Crippen molar-refractivity contribution in [2.45, 2.75) is 45.2 Å². The first-order chi connectivity index (χ1) is 7.95. The van der Waals surface area contributed by atoms with Crippen molar-refractivity contribution in [3.63, 3.8) is 0 Å². The van der Waals surface area contributed by atoms with Gasteiger partial charge in [-0.15, -0.1) is 0 Å². The summed E-state index contributed by atoms with van der Waals surface area (Å²) < 4.78 is 5.36. The lowest BCUT2D eigenvalue weighted by molar-refractivity contribution is 0.407. The smallest absolute Gasteiger partial charge is 0.122 e. The second kappa shape index (κ2) is 6.03. The van der Waals surface area contributed by atoms with Gasteiger partial charge in [-0.25, -0.2) is 0 Å². The van der Waals surface area contributed by atoms with Gasteiger partial charge in [-0.1, -0.05) is 26.0 Å². The molecular formula is C14H24N2O. The number of methoxy groups -OCH3 is 1. The van der Waals surface area contributed by atoms with Crippen LogP contribution in [-0.4, -0.2) is 13.2 Å². The van der Waals surface area contributed by atoms with Crippen LogP contribution in [0.5, 0.6) is 5.75 Å². The summed E-state index contributed by atoms with van der Waals surface area (Å²) in [5, 5.41) is 0. The highest BCUT2D eigenvalue weighted by molar-refractivity contribution is 5.40. The van der Waals surface area contributed by atoms with E-state index in [1.54, 1.807) is 7.11 Å². The maximum Gasteiger partial charge on any atom is 0.122 e. The summed E-state index contributed by atoms with van der Waals surface area (Å²) in [4.78, 5) is 0. The van der Waals surface area contributed by atoms with E-state index < -0.39 is 0 Å². The van der Waals surface area contributed by atoms with Crippen molar-refractivity contribution >= 4 is 0 Å². The van der Waals surface area contributed by atoms with Crippen LogP contribution in [0.4, 0.5) is 0 Å². The van der Waals surface area contributed by atoms with Crippen LogP contribution < -0.4 is 16.2 Å². The average molecular weight is 236 g/mol. The standard InChI is InChI=1S/C14H24N2O/c1-9(2)12-8-11(5-6-14(12)17-4)13(16)7-10(3)15/h5-6,8-10,13H,7,15-16H2,1-4H3. The summed E-state index contributed by atoms with van der Waals surface area (Å²) >= 11 is 0. The molecular weight excluding hydrogens is 212 g/mol. The van der Waals surface area contributed by atoms with Crippen molar-refractivity contribution in [2.24, 2.45) is 11.5 Å². The summed E-state index contributed by atoms with van der Waals surface area (Å²) in [6, 6.07) is 6.27. The second-order valence-electron chi connectivity index (χ2n) is 4.98. The van der Waals surface area contributed by atoms with Crippen molar-refractivity contribution in [3.8, 4) is 5.75 Å². The van der Waals surface area contributed by atoms with Crippen molar-refractivity contribution in [1.29, 1.82) is 0 Å². The van der Waals surface area contributed by atoms with Gasteiger partial charge < -0.3 is 16.2 Å². The fourth-order valence-corrected chi connectivity index (χ4v) is 1.97. The Kier molecular flexibility index (Phi) is 4.97. The molecule has 0 aliphatic rings. The molecule has 96 valence electrons. The van der Waals surface area contributed by atoms with Crippen LogP contribution in [0.3, 0.4) is 0 Å². The van der Waals surface area contributed by atoms with Crippen LogP contribution in [0.1, 0.15) is 50.3 Å². The lowest BCUT2D eigenvalue weighted by atomic mass is 9.94. The number of hydrogen-bond acceptors (Lipinski definition) is 3. The third-order valence-corrected chi connectivity index (χ3v) is 2.93. The predicted molar refractivity (Wildman–Crippen MR) is 72.3 cm³/mol. The SMILES string of the molecule is COc1ccc(C(N)CC(C)N)cc1C(C)C. The molecule has 1 aromatic carbocycles. The monoisotopic (exact) mass is 236 g/mol. The number of nitrogens with two attached hydrogens (primary N) is 2. The van der Waals surface area contributed by atoms with E-state index in [2.05, 4.69) is 19.9 Å². The van der Waals surface area contributed by atoms with E-state index in [1.807, 2.05) is 19.1 Å². The van der Waals surface area contributed by atoms with Gasteiger partial charge in [0, 0.05) is 12.1 Å². The fourth-order valence-electron chi connectivity index (χ4n) is 1.97. The highest BCUT2D eigenvalue weighted by Gasteiger charge is 2.13. The number of rotatable bonds is 5. The largest absolute Gasteiger partial charge is 0.496 e. The second-order valence-corrected chi connectivity index (χ2v) is 4.98. The molecule has 0 aliphatic carbocycles. The Morgan fingerprint density at radius 2 is 1.82 bits per heavy atom. The van der Waals surface area contributed by atoms with E-state index in [0.29, 0.717) is 5.92 Å². The minimum atomic E-state index is -0.00148. The van der Waals surface area contributed by atoms with Gasteiger partial charge in [-0.3, -0.25) is 0 Å². The normalized spacial score (nSPS) is 14.8. The summed E-state index contributed by atoms with van der Waals surface area (Å²) in [7, 11) is 1.70. The minimum Gasteiger partial charge on any atom is -0.496 e. The van der Waals surface area contributed by atoms with E-state index in [9.17, 15) is 0 Å². The first kappa shape index (κ1) is 14.0. The molecule has 0 spiro atoms. The molecule has 4 N–H and O–H groups in total. The van der Waals surface area contributed by atoms with Gasteiger partial charge in [0.25, 0.3) is 0 Å². The van der Waals surface area contributed by atoms with Crippen LogP contribution in [0.15, 0.2) is 18.2 Å². The first-order valence-electron chi connectivity index (χ1n) is 6.14. The van der Waals surface area contributed by atoms with Gasteiger partial charge in [0.05, 0.1) is 7.11 Å². The van der Waals surface area contributed by atoms with Gasteiger partial charge in [-0.2, -0.15) is 0 Å². The van der Waals surface area contributed by atoms with Crippen LogP contribution in [0, 0.1) is 0 Å². The summed E-state index contributed by atoms with van der Waals surface area (Å²) in [6.07, 6.45) is 0.796. The molecule has 0 amide bonds. The van der Waals surface area contributed by atoms with E-state index >= 15 is 0 Å². The van der Waals surface area contributed by atoms with Crippen molar-refractivity contribution < 1.29 is 4.74 Å². The van der Waals surface area contributed by atoms with E-state index in [-0.39, 0.29) is 12.1 Å². The molecule has 0 radical (unpaired) electrons. The lowest BCUT2D eigenvalue weighted by Crippen LogP contribution is -2.23. The van der Waals surface area contributed by atoms with Gasteiger partial charge in [-0.05, 0) is 36.5 Å². The number of hydrogen-bond donors (Lipinski definition) is 2. The van der Waals surface area contributed by atoms with E-state index in [4.69, 9.17) is 16.2 Å². The van der Waals surface area contributed by atoms with Gasteiger partial charge >= 0.3 is 0 Å². The zero-order valence-electron chi connectivity index (χ0n) is 11.2. The van der Waals surface area contributed by atoms with Gasteiger partial charge in [0.2, 0.25) is 0 Å². The maximum atomic E-state index is 6.14. The number of ether oxygens (including phenoxy) is 1. The molecule has 2 atom stereocenters. The Labute approximate surface area is 104 Å². The Bertz CT molecular complexity index is 361. The molecule has 3 heteroatoms. The van der Waals surface area contributed by atoms with Crippen LogP contribution in [0.25, 0.3) is 0 Å². The summed E-state index contributed by atoms with van der Waals surface area (Å²) in [5.74, 6) is 1.35. The molecule has 0 bridgehead atoms. The Hall–Kier alpha value is -1.06. The highest BCUT2D eigenvalue weighted by Crippen LogP contribution is 2.29. The molecule has 0 fully saturated rings. The predicted octanol–water partition coefficient (Wildman–Crippen LogP) is 2.56. The van der Waals surface area contributed by atoms with Crippen molar-refractivity contribution in [3.05, 3.63) is 29.3 Å². The lowest BCUT2D eigenvalue weighted by Gasteiger charge is -2.18. The van der Waals surface area contributed by atoms with E-state index in [1.165, 1.54) is 5.56 Å². The third-order valence-electron chi connectivity index (χ3n) is 2.93. The molecule has 17 heavy (non-hydrogen) atoms. The Morgan fingerprint density at radius 3 is 2.29 bits per heavy atom. The van der Waals surface area contributed by atoms with Crippen LogP contribution >= 0.6 is 0 Å². The quantitative estimate of drug-likeness (QED) is 0.826. The molecule has 0 aromatic heterocycles. The molecule has 0 saturated heterocycles. The zero-order chi connectivity index (χ0) is 13.0. The molecule has 1 aromatic rings. The zero-order valence-corrected chi connectivity index (χ0v) is 11.2. The van der Waals surface area contributed by atoms with Crippen LogP contribution in [0.2, 0.25) is 0 Å². The molecule has 0 saturated carbocycles. The molecule has 3 nitrogen and oxygen atoms in total. The summed E-state index contributed by atoms with van der Waals surface area (Å²) in [6.45, 7) is 6.28. The summed E-state index contributed by atoms with van der Waals surface area (Å²) in [5.41, 5.74) is 14.2. The third kappa shape index (κ3) is 3.72. The molecule has 2 unspecified atom stereocenters. The van der Waals surface area contributed by atoms with Gasteiger partial charge in [0.15, 0.2) is 0 Å². The molecule has 1 rings (SSSR count). The van der Waals surface area contributed by atoms with Crippen LogP contribution in [-0.2, 0) is 0 Å². The first-order valence-corrected chi connectivity index (χ1v) is 6.14. The topological polar surface area (TPSA) is 61.3 Å². The Morgan fingerprint density at radius 1 is 1.18 bits per heavy atom. The average Bonchev–Trinajstić information content (AvgIpc) is 2.27.